The van der Waals surface area contributed by atoms with Crippen LogP contribution in [0.15, 0.2) is 29.2 Å². The first-order chi connectivity index (χ1) is 15.7. The Labute approximate surface area is 185 Å². The van der Waals surface area contributed by atoms with Crippen molar-refractivity contribution in [2.24, 2.45) is 0 Å². The molecule has 3 heterocycles. The van der Waals surface area contributed by atoms with E-state index >= 15 is 0 Å². The van der Waals surface area contributed by atoms with Gasteiger partial charge in [0.05, 0.1) is 12.1 Å². The lowest BCUT2D eigenvalue weighted by atomic mass is 10.0. The van der Waals surface area contributed by atoms with Crippen LogP contribution in [0, 0.1) is 11.6 Å². The van der Waals surface area contributed by atoms with Crippen molar-refractivity contribution < 1.29 is 32.3 Å². The molecule has 0 spiro atoms. The van der Waals surface area contributed by atoms with Gasteiger partial charge in [-0.25, -0.2) is 17.6 Å². The van der Waals surface area contributed by atoms with Crippen LogP contribution in [0.5, 0.6) is 5.75 Å². The van der Waals surface area contributed by atoms with Crippen molar-refractivity contribution in [1.82, 2.24) is 9.58 Å². The summed E-state index contributed by atoms with van der Waals surface area (Å²) in [5.74, 6) is -4.20. The third-order valence-electron chi connectivity index (χ3n) is 5.98. The van der Waals surface area contributed by atoms with Crippen LogP contribution < -0.4 is 10.4 Å². The summed E-state index contributed by atoms with van der Waals surface area (Å²) in [7, 11) is 0. The number of Topliss-reactive ketones (excluding diaryl/α,β-unsaturated/α-hetero) is 1. The van der Waals surface area contributed by atoms with Crippen LogP contribution in [0.1, 0.15) is 52.1 Å². The van der Waals surface area contributed by atoms with Gasteiger partial charge < -0.3 is 10.0 Å². The number of amides is 1. The number of carbonyl (C=O) groups excluding carboxylic acids is 2. The number of hydrogen-bond donors (Lipinski definition) is 1. The van der Waals surface area contributed by atoms with E-state index < -0.39 is 64.9 Å². The third kappa shape index (κ3) is 4.19. The molecule has 1 fully saturated rings. The number of alkyl halides is 2. The van der Waals surface area contributed by atoms with Gasteiger partial charge in [-0.2, -0.15) is 0 Å². The molecule has 1 saturated heterocycles. The minimum Gasteiger partial charge on any atom is -0.502 e. The summed E-state index contributed by atoms with van der Waals surface area (Å²) in [5, 5.41) is 12.1. The molecule has 33 heavy (non-hydrogen) atoms. The van der Waals surface area contributed by atoms with E-state index in [-0.39, 0.29) is 18.4 Å². The van der Waals surface area contributed by atoms with Gasteiger partial charge in [-0.3, -0.25) is 24.1 Å². The number of piperidine rings is 1. The molecule has 7 nitrogen and oxygen atoms in total. The fraction of sp³-hybridized carbons (Fsp3) is 0.409. The number of pyridine rings is 1. The van der Waals surface area contributed by atoms with Gasteiger partial charge in [0.25, 0.3) is 12.3 Å². The molecule has 1 amide bonds. The van der Waals surface area contributed by atoms with E-state index in [2.05, 4.69) is 0 Å². The number of hydrogen-bond acceptors (Lipinski definition) is 5. The first-order valence-electron chi connectivity index (χ1n) is 10.5. The molecular formula is C22H21F4N3O4. The van der Waals surface area contributed by atoms with Gasteiger partial charge in [0, 0.05) is 25.2 Å². The quantitative estimate of drug-likeness (QED) is 0.522. The number of fused-ring (bicyclic) bond motifs is 3. The largest absolute Gasteiger partial charge is 0.502 e. The van der Waals surface area contributed by atoms with Crippen LogP contribution in [-0.4, -0.2) is 52.1 Å². The van der Waals surface area contributed by atoms with E-state index in [1.54, 1.807) is 5.01 Å². The van der Waals surface area contributed by atoms with Crippen molar-refractivity contribution in [1.29, 1.82) is 0 Å². The Kier molecular flexibility index (Phi) is 6.13. The van der Waals surface area contributed by atoms with Crippen LogP contribution >= 0.6 is 0 Å². The SMILES string of the molecule is O=C(CCc1ccc(F)cc1F)c1cn2c(c(O)c1=O)C(=O)N(CC(F)F)[C@@H]1CCCCN12. The van der Waals surface area contributed by atoms with Crippen LogP contribution in [0.4, 0.5) is 17.6 Å². The highest BCUT2D eigenvalue weighted by molar-refractivity contribution is 6.00. The van der Waals surface area contributed by atoms with Crippen molar-refractivity contribution in [3.8, 4) is 5.75 Å². The zero-order valence-corrected chi connectivity index (χ0v) is 17.4. The molecule has 2 aliphatic heterocycles. The zero-order chi connectivity index (χ0) is 23.9. The molecule has 1 atom stereocenters. The summed E-state index contributed by atoms with van der Waals surface area (Å²) >= 11 is 0. The van der Waals surface area contributed by atoms with E-state index in [1.165, 1.54) is 10.7 Å². The van der Waals surface area contributed by atoms with E-state index in [9.17, 15) is 37.1 Å². The van der Waals surface area contributed by atoms with Gasteiger partial charge in [-0.15, -0.1) is 0 Å². The second-order valence-corrected chi connectivity index (χ2v) is 8.06. The summed E-state index contributed by atoms with van der Waals surface area (Å²) in [5.41, 5.74) is -1.90. The first-order valence-corrected chi connectivity index (χ1v) is 10.5. The summed E-state index contributed by atoms with van der Waals surface area (Å²) in [4.78, 5) is 39.3. The van der Waals surface area contributed by atoms with Gasteiger partial charge in [0.15, 0.2) is 17.2 Å². The number of aromatic hydroxyl groups is 1. The van der Waals surface area contributed by atoms with Crippen molar-refractivity contribution in [3.63, 3.8) is 0 Å². The normalized spacial score (nSPS) is 17.8. The summed E-state index contributed by atoms with van der Waals surface area (Å²) in [6.45, 7) is -0.487. The molecule has 1 aromatic heterocycles. The predicted octanol–water partition coefficient (Wildman–Crippen LogP) is 2.82. The fourth-order valence-electron chi connectivity index (χ4n) is 4.39. The average molecular weight is 467 g/mol. The average Bonchev–Trinajstić information content (AvgIpc) is 2.77. The van der Waals surface area contributed by atoms with Crippen LogP contribution in [-0.2, 0) is 6.42 Å². The van der Waals surface area contributed by atoms with Crippen LogP contribution in [0.25, 0.3) is 0 Å². The number of halogens is 4. The summed E-state index contributed by atoms with van der Waals surface area (Å²) < 4.78 is 54.4. The maximum atomic E-state index is 13.9. The Balaban J connectivity index is 1.69. The molecule has 0 radical (unpaired) electrons. The molecule has 0 aliphatic carbocycles. The van der Waals surface area contributed by atoms with E-state index in [1.807, 2.05) is 0 Å². The van der Waals surface area contributed by atoms with E-state index in [0.717, 1.165) is 17.2 Å². The van der Waals surface area contributed by atoms with Crippen molar-refractivity contribution >= 4 is 11.7 Å². The lowest BCUT2D eigenvalue weighted by molar-refractivity contribution is 0.0264. The number of ketones is 1. The zero-order valence-electron chi connectivity index (χ0n) is 17.4. The van der Waals surface area contributed by atoms with Crippen LogP contribution in [0.2, 0.25) is 0 Å². The molecule has 0 bridgehead atoms. The minimum absolute atomic E-state index is 0.0842. The van der Waals surface area contributed by atoms with Crippen molar-refractivity contribution in [2.75, 3.05) is 18.1 Å². The Morgan fingerprint density at radius 3 is 2.64 bits per heavy atom. The molecule has 176 valence electrons. The number of rotatable bonds is 6. The maximum absolute atomic E-state index is 13.9. The molecule has 0 saturated carbocycles. The number of aromatic nitrogens is 1. The Bertz CT molecular complexity index is 1170. The Hall–Kier alpha value is -3.37. The molecule has 2 aliphatic rings. The molecule has 1 N–H and O–H groups in total. The van der Waals surface area contributed by atoms with Gasteiger partial charge in [0.2, 0.25) is 5.43 Å². The second kappa shape index (κ2) is 8.87. The summed E-state index contributed by atoms with van der Waals surface area (Å²) in [6, 6.07) is 2.94. The lowest BCUT2D eigenvalue weighted by Crippen LogP contribution is -2.63. The maximum Gasteiger partial charge on any atom is 0.278 e. The number of nitrogens with zero attached hydrogens (tertiary/aromatic N) is 3. The van der Waals surface area contributed by atoms with Gasteiger partial charge in [-0.1, -0.05) is 6.07 Å². The number of benzene rings is 1. The fourth-order valence-corrected chi connectivity index (χ4v) is 4.39. The Morgan fingerprint density at radius 2 is 1.94 bits per heavy atom. The summed E-state index contributed by atoms with van der Waals surface area (Å²) in [6.07, 6.45) is -0.977. The highest BCUT2D eigenvalue weighted by atomic mass is 19.3. The van der Waals surface area contributed by atoms with E-state index in [0.29, 0.717) is 31.9 Å². The highest BCUT2D eigenvalue weighted by Crippen LogP contribution is 2.30. The first kappa shape index (κ1) is 22.8. The topological polar surface area (TPSA) is 82.8 Å². The monoisotopic (exact) mass is 467 g/mol. The number of carbonyl (C=O) groups is 2. The van der Waals surface area contributed by atoms with E-state index in [4.69, 9.17) is 0 Å². The Morgan fingerprint density at radius 1 is 1.18 bits per heavy atom. The minimum atomic E-state index is -2.80. The molecule has 11 heteroatoms. The van der Waals surface area contributed by atoms with Crippen molar-refractivity contribution in [3.05, 3.63) is 63.1 Å². The lowest BCUT2D eigenvalue weighted by Gasteiger charge is -2.48. The smallest absolute Gasteiger partial charge is 0.278 e. The molecule has 1 aromatic carbocycles. The standard InChI is InChI=1S/C22H21F4N3O4/c23-13-6-4-12(15(24)9-13)5-7-16(30)14-10-29-19(21(32)20(14)31)22(33)27(11-17(25)26)18-3-1-2-8-28(18)29/h4,6,9-10,17-18,32H,1-3,5,7-8,11H2/t18-/m0/s1. The molecule has 4 rings (SSSR count). The van der Waals surface area contributed by atoms with Gasteiger partial charge in [0.1, 0.15) is 17.8 Å². The highest BCUT2D eigenvalue weighted by Gasteiger charge is 2.42. The molecule has 2 aromatic rings. The van der Waals surface area contributed by atoms with Gasteiger partial charge in [-0.05, 0) is 37.3 Å². The molecule has 0 unspecified atom stereocenters. The van der Waals surface area contributed by atoms with Crippen molar-refractivity contribution in [2.45, 2.75) is 44.7 Å². The predicted molar refractivity (Wildman–Crippen MR) is 109 cm³/mol. The number of aryl methyl sites for hydroxylation is 1. The second-order valence-electron chi connectivity index (χ2n) is 8.06. The van der Waals surface area contributed by atoms with Gasteiger partial charge >= 0.3 is 0 Å². The van der Waals surface area contributed by atoms with Crippen LogP contribution in [0.3, 0.4) is 0 Å². The molecular weight excluding hydrogens is 446 g/mol. The third-order valence-corrected chi connectivity index (χ3v) is 5.98.